The third-order valence-electron chi connectivity index (χ3n) is 3.35. The number of methoxy groups -OCH3 is 1. The van der Waals surface area contributed by atoms with Crippen molar-refractivity contribution in [3.8, 4) is 17.6 Å². The molecule has 0 aromatic heterocycles. The number of benzene rings is 2. The summed E-state index contributed by atoms with van der Waals surface area (Å²) in [7, 11) is 1.59. The van der Waals surface area contributed by atoms with Gasteiger partial charge in [-0.05, 0) is 29.7 Å². The zero-order chi connectivity index (χ0) is 15.8. The van der Waals surface area contributed by atoms with Gasteiger partial charge in [-0.25, -0.2) is 0 Å². The molecule has 0 saturated carbocycles. The number of hydrogen-bond donors (Lipinski definition) is 1. The molecule has 2 aromatic rings. The molecular weight excluding hydrogens is 278 g/mol. The molecule has 0 amide bonds. The van der Waals surface area contributed by atoms with Crippen molar-refractivity contribution in [1.82, 2.24) is 0 Å². The highest BCUT2D eigenvalue weighted by Crippen LogP contribution is 2.29. The van der Waals surface area contributed by atoms with Gasteiger partial charge in [-0.15, -0.1) is 0 Å². The van der Waals surface area contributed by atoms with Gasteiger partial charge in [0.1, 0.15) is 6.61 Å². The molecule has 0 radical (unpaired) electrons. The van der Waals surface area contributed by atoms with Crippen LogP contribution in [0.1, 0.15) is 11.1 Å². The summed E-state index contributed by atoms with van der Waals surface area (Å²) in [5.41, 5.74) is 2.02. The van der Waals surface area contributed by atoms with Crippen LogP contribution in [-0.4, -0.2) is 18.8 Å². The second-order valence-electron chi connectivity index (χ2n) is 4.97. The molecule has 4 heteroatoms. The van der Waals surface area contributed by atoms with E-state index in [1.807, 2.05) is 48.5 Å². The summed E-state index contributed by atoms with van der Waals surface area (Å²) < 4.78 is 11.1. The zero-order valence-corrected chi connectivity index (χ0v) is 12.5. The average molecular weight is 297 g/mol. The number of nitrogens with zero attached hydrogens (tertiary/aromatic N) is 1. The standard InChI is InChI=1S/C18H19NO3/c1-21-18-10-15(9-16(11-19)12-20)7-8-17(18)22-13-14-5-3-2-4-6-14/h2-8,10,16,20H,9,12-13H2,1H3. The van der Waals surface area contributed by atoms with Crippen molar-refractivity contribution in [3.63, 3.8) is 0 Å². The largest absolute Gasteiger partial charge is 0.493 e. The van der Waals surface area contributed by atoms with Gasteiger partial charge in [0.05, 0.1) is 25.7 Å². The first-order valence-corrected chi connectivity index (χ1v) is 7.11. The minimum Gasteiger partial charge on any atom is -0.493 e. The maximum Gasteiger partial charge on any atom is 0.161 e. The van der Waals surface area contributed by atoms with Crippen LogP contribution in [0.5, 0.6) is 11.5 Å². The Morgan fingerprint density at radius 3 is 2.50 bits per heavy atom. The highest BCUT2D eigenvalue weighted by molar-refractivity contribution is 5.43. The number of hydrogen-bond acceptors (Lipinski definition) is 4. The van der Waals surface area contributed by atoms with Crippen molar-refractivity contribution < 1.29 is 14.6 Å². The van der Waals surface area contributed by atoms with Crippen molar-refractivity contribution in [3.05, 3.63) is 59.7 Å². The van der Waals surface area contributed by atoms with Gasteiger partial charge in [-0.1, -0.05) is 36.4 Å². The smallest absolute Gasteiger partial charge is 0.161 e. The fourth-order valence-corrected chi connectivity index (χ4v) is 2.13. The molecule has 0 aliphatic rings. The van der Waals surface area contributed by atoms with Crippen LogP contribution < -0.4 is 9.47 Å². The number of nitriles is 1. The Morgan fingerprint density at radius 2 is 1.86 bits per heavy atom. The second kappa shape index (κ2) is 8.06. The van der Waals surface area contributed by atoms with Crippen LogP contribution in [0.3, 0.4) is 0 Å². The van der Waals surface area contributed by atoms with Gasteiger partial charge in [-0.2, -0.15) is 5.26 Å². The minimum atomic E-state index is -0.402. The van der Waals surface area contributed by atoms with Crippen molar-refractivity contribution in [2.24, 2.45) is 5.92 Å². The van der Waals surface area contributed by atoms with Crippen LogP contribution in [-0.2, 0) is 13.0 Å². The van der Waals surface area contributed by atoms with Gasteiger partial charge >= 0.3 is 0 Å². The maximum absolute atomic E-state index is 9.10. The molecule has 0 heterocycles. The van der Waals surface area contributed by atoms with Crippen molar-refractivity contribution in [2.75, 3.05) is 13.7 Å². The Kier molecular flexibility index (Phi) is 5.81. The highest BCUT2D eigenvalue weighted by Gasteiger charge is 2.11. The van der Waals surface area contributed by atoms with Crippen LogP contribution in [0, 0.1) is 17.2 Å². The lowest BCUT2D eigenvalue weighted by molar-refractivity contribution is 0.255. The van der Waals surface area contributed by atoms with Crippen LogP contribution in [0.25, 0.3) is 0 Å². The second-order valence-corrected chi connectivity index (χ2v) is 4.97. The van der Waals surface area contributed by atoms with E-state index < -0.39 is 5.92 Å². The van der Waals surface area contributed by atoms with Gasteiger partial charge in [-0.3, -0.25) is 0 Å². The predicted molar refractivity (Wildman–Crippen MR) is 83.7 cm³/mol. The van der Waals surface area contributed by atoms with E-state index >= 15 is 0 Å². The summed E-state index contributed by atoms with van der Waals surface area (Å²) in [5, 5.41) is 18.0. The Balaban J connectivity index is 2.07. The molecule has 1 unspecified atom stereocenters. The molecule has 0 aliphatic carbocycles. The Hall–Kier alpha value is -2.51. The summed E-state index contributed by atoms with van der Waals surface area (Å²) in [6.45, 7) is 0.319. The van der Waals surface area contributed by atoms with E-state index in [0.29, 0.717) is 24.5 Å². The van der Waals surface area contributed by atoms with E-state index in [-0.39, 0.29) is 6.61 Å². The van der Waals surface area contributed by atoms with E-state index in [4.69, 9.17) is 19.8 Å². The monoisotopic (exact) mass is 297 g/mol. The number of rotatable bonds is 7. The molecule has 0 aliphatic heterocycles. The van der Waals surface area contributed by atoms with Crippen molar-refractivity contribution in [2.45, 2.75) is 13.0 Å². The molecule has 1 N–H and O–H groups in total. The Labute approximate surface area is 130 Å². The van der Waals surface area contributed by atoms with Gasteiger partial charge < -0.3 is 14.6 Å². The molecule has 2 aromatic carbocycles. The molecular formula is C18H19NO3. The van der Waals surface area contributed by atoms with E-state index in [2.05, 4.69) is 6.07 Å². The Morgan fingerprint density at radius 1 is 1.09 bits per heavy atom. The van der Waals surface area contributed by atoms with E-state index in [1.165, 1.54) is 0 Å². The predicted octanol–water partition coefficient (Wildman–Crippen LogP) is 2.95. The summed E-state index contributed by atoms with van der Waals surface area (Å²) in [6, 6.07) is 17.6. The van der Waals surface area contributed by atoms with Crippen LogP contribution >= 0.6 is 0 Å². The minimum absolute atomic E-state index is 0.148. The first kappa shape index (κ1) is 15.9. The lowest BCUT2D eigenvalue weighted by Gasteiger charge is -2.13. The molecule has 0 fully saturated rings. The fraction of sp³-hybridized carbons (Fsp3) is 0.278. The quantitative estimate of drug-likeness (QED) is 0.853. The molecule has 1 atom stereocenters. The third-order valence-corrected chi connectivity index (χ3v) is 3.35. The number of aliphatic hydroxyl groups excluding tert-OH is 1. The Bertz CT molecular complexity index is 635. The summed E-state index contributed by atoms with van der Waals surface area (Å²) in [5.74, 6) is 0.886. The van der Waals surface area contributed by atoms with Gasteiger partial charge in [0, 0.05) is 0 Å². The maximum atomic E-state index is 9.10. The van der Waals surface area contributed by atoms with Crippen molar-refractivity contribution >= 4 is 0 Å². The number of aliphatic hydroxyl groups is 1. The summed E-state index contributed by atoms with van der Waals surface area (Å²) >= 11 is 0. The van der Waals surface area contributed by atoms with Gasteiger partial charge in [0.2, 0.25) is 0 Å². The summed E-state index contributed by atoms with van der Waals surface area (Å²) in [4.78, 5) is 0. The average Bonchev–Trinajstić information content (AvgIpc) is 2.59. The molecule has 0 spiro atoms. The molecule has 114 valence electrons. The third kappa shape index (κ3) is 4.24. The SMILES string of the molecule is COc1cc(CC(C#N)CO)ccc1OCc1ccccc1. The molecule has 0 bridgehead atoms. The van der Waals surface area contributed by atoms with E-state index in [0.717, 1.165) is 11.1 Å². The highest BCUT2D eigenvalue weighted by atomic mass is 16.5. The lowest BCUT2D eigenvalue weighted by Crippen LogP contribution is -2.07. The summed E-state index contributed by atoms with van der Waals surface area (Å²) in [6.07, 6.45) is 0.488. The van der Waals surface area contributed by atoms with Crippen molar-refractivity contribution in [1.29, 1.82) is 5.26 Å². The topological polar surface area (TPSA) is 62.5 Å². The number of ether oxygens (including phenoxy) is 2. The normalized spacial score (nSPS) is 11.5. The molecule has 2 rings (SSSR count). The fourth-order valence-electron chi connectivity index (χ4n) is 2.13. The van der Waals surface area contributed by atoms with Crippen LogP contribution in [0.4, 0.5) is 0 Å². The zero-order valence-electron chi connectivity index (χ0n) is 12.5. The first-order chi connectivity index (χ1) is 10.8. The van der Waals surface area contributed by atoms with Crippen LogP contribution in [0.15, 0.2) is 48.5 Å². The van der Waals surface area contributed by atoms with Crippen LogP contribution in [0.2, 0.25) is 0 Å². The molecule has 22 heavy (non-hydrogen) atoms. The lowest BCUT2D eigenvalue weighted by atomic mass is 10.0. The van der Waals surface area contributed by atoms with E-state index in [9.17, 15) is 0 Å². The first-order valence-electron chi connectivity index (χ1n) is 7.11. The van der Waals surface area contributed by atoms with Gasteiger partial charge in [0.15, 0.2) is 11.5 Å². The van der Waals surface area contributed by atoms with Gasteiger partial charge in [0.25, 0.3) is 0 Å². The van der Waals surface area contributed by atoms with E-state index in [1.54, 1.807) is 7.11 Å². The molecule has 0 saturated heterocycles. The molecule has 4 nitrogen and oxygen atoms in total.